The molecule has 1 aromatic heterocycles. The van der Waals surface area contributed by atoms with Gasteiger partial charge in [0.1, 0.15) is 0 Å². The molecular formula is C22H19BrN2. The Morgan fingerprint density at radius 3 is 1.88 bits per heavy atom. The summed E-state index contributed by atoms with van der Waals surface area (Å²) in [5.41, 5.74) is 4.16. The SMILES string of the molecule is C[C@@]1(CBr)C=c2nc(-c3ccccc3)c(-c3ccccc3)nc2=CC1. The molecule has 1 atom stereocenters. The molecule has 1 aliphatic rings. The van der Waals surface area contributed by atoms with Crippen LogP contribution in [0, 0.1) is 5.41 Å². The highest BCUT2D eigenvalue weighted by atomic mass is 79.9. The third-order valence-electron chi connectivity index (χ3n) is 4.60. The molecule has 0 radical (unpaired) electrons. The molecule has 0 unspecified atom stereocenters. The van der Waals surface area contributed by atoms with E-state index in [1.165, 1.54) is 0 Å². The highest BCUT2D eigenvalue weighted by Gasteiger charge is 2.22. The molecule has 124 valence electrons. The Morgan fingerprint density at radius 1 is 0.840 bits per heavy atom. The van der Waals surface area contributed by atoms with Crippen LogP contribution in [0.5, 0.6) is 0 Å². The second kappa shape index (κ2) is 6.57. The predicted molar refractivity (Wildman–Crippen MR) is 108 cm³/mol. The van der Waals surface area contributed by atoms with Crippen molar-refractivity contribution in [2.75, 3.05) is 5.33 Å². The molecule has 2 aromatic carbocycles. The van der Waals surface area contributed by atoms with E-state index in [2.05, 4.69) is 59.3 Å². The summed E-state index contributed by atoms with van der Waals surface area (Å²) in [7, 11) is 0. The van der Waals surface area contributed by atoms with Gasteiger partial charge in [0.2, 0.25) is 0 Å². The van der Waals surface area contributed by atoms with Gasteiger partial charge in [-0.1, -0.05) is 89.6 Å². The summed E-state index contributed by atoms with van der Waals surface area (Å²) in [6.45, 7) is 2.25. The number of nitrogens with zero attached hydrogens (tertiary/aromatic N) is 2. The number of benzene rings is 2. The zero-order valence-corrected chi connectivity index (χ0v) is 15.7. The van der Waals surface area contributed by atoms with Crippen molar-refractivity contribution in [3.8, 4) is 22.5 Å². The van der Waals surface area contributed by atoms with E-state index in [-0.39, 0.29) is 5.41 Å². The zero-order chi connectivity index (χ0) is 17.3. The molecule has 2 nitrogen and oxygen atoms in total. The largest absolute Gasteiger partial charge is 0.244 e. The standard InChI is InChI=1S/C22H19BrN2/c1-22(15-23)13-12-18-19(14-22)25-21(17-10-6-3-7-11-17)20(24-18)16-8-4-2-5-9-16/h2-12,14H,13,15H2,1H3/t22-/m0/s1. The fourth-order valence-electron chi connectivity index (χ4n) is 3.12. The van der Waals surface area contributed by atoms with Crippen LogP contribution >= 0.6 is 15.9 Å². The average molecular weight is 391 g/mol. The van der Waals surface area contributed by atoms with Gasteiger partial charge in [-0.05, 0) is 12.5 Å². The van der Waals surface area contributed by atoms with Gasteiger partial charge in [-0.3, -0.25) is 0 Å². The molecule has 0 saturated heterocycles. The van der Waals surface area contributed by atoms with E-state index in [1.54, 1.807) is 0 Å². The minimum Gasteiger partial charge on any atom is -0.244 e. The van der Waals surface area contributed by atoms with Gasteiger partial charge in [0, 0.05) is 21.9 Å². The maximum atomic E-state index is 5.03. The van der Waals surface area contributed by atoms with Gasteiger partial charge < -0.3 is 0 Å². The van der Waals surface area contributed by atoms with Crippen LogP contribution in [0.15, 0.2) is 60.7 Å². The maximum Gasteiger partial charge on any atom is 0.0972 e. The van der Waals surface area contributed by atoms with Gasteiger partial charge in [-0.25, -0.2) is 9.97 Å². The topological polar surface area (TPSA) is 25.8 Å². The summed E-state index contributed by atoms with van der Waals surface area (Å²) in [6, 6.07) is 20.6. The van der Waals surface area contributed by atoms with Gasteiger partial charge in [0.05, 0.1) is 22.1 Å². The van der Waals surface area contributed by atoms with E-state index in [9.17, 15) is 0 Å². The van der Waals surface area contributed by atoms with Crippen LogP contribution < -0.4 is 10.7 Å². The molecule has 1 heterocycles. The maximum absolute atomic E-state index is 5.03. The number of alkyl halides is 1. The number of rotatable bonds is 3. The molecule has 0 N–H and O–H groups in total. The molecule has 0 fully saturated rings. The van der Waals surface area contributed by atoms with Gasteiger partial charge in [0.25, 0.3) is 0 Å². The zero-order valence-electron chi connectivity index (χ0n) is 14.1. The van der Waals surface area contributed by atoms with E-state index in [0.717, 1.165) is 45.0 Å². The molecule has 25 heavy (non-hydrogen) atoms. The van der Waals surface area contributed by atoms with Crippen molar-refractivity contribution in [2.45, 2.75) is 13.3 Å². The third-order valence-corrected chi connectivity index (χ3v) is 5.88. The predicted octanol–water partition coefficient (Wildman–Crippen LogP) is 4.18. The van der Waals surface area contributed by atoms with Crippen molar-refractivity contribution in [3.63, 3.8) is 0 Å². The van der Waals surface area contributed by atoms with Crippen LogP contribution in [0.1, 0.15) is 13.3 Å². The first-order chi connectivity index (χ1) is 12.2. The minimum atomic E-state index is 0.0872. The molecule has 0 amide bonds. The minimum absolute atomic E-state index is 0.0872. The summed E-state index contributed by atoms with van der Waals surface area (Å²) in [5, 5.41) is 2.88. The number of hydrogen-bond acceptors (Lipinski definition) is 2. The quantitative estimate of drug-likeness (QED) is 0.627. The molecule has 0 bridgehead atoms. The summed E-state index contributed by atoms with van der Waals surface area (Å²) in [6.07, 6.45) is 5.44. The third kappa shape index (κ3) is 3.16. The number of fused-ring (bicyclic) bond motifs is 1. The summed E-state index contributed by atoms with van der Waals surface area (Å²) in [4.78, 5) is 10.0. The Kier molecular flexibility index (Phi) is 4.26. The van der Waals surface area contributed by atoms with Gasteiger partial charge in [-0.2, -0.15) is 0 Å². The summed E-state index contributed by atoms with van der Waals surface area (Å²) in [5.74, 6) is 0. The molecule has 0 saturated carbocycles. The lowest BCUT2D eigenvalue weighted by Crippen LogP contribution is -2.39. The number of halogens is 1. The lowest BCUT2D eigenvalue weighted by Gasteiger charge is -2.23. The lowest BCUT2D eigenvalue weighted by molar-refractivity contribution is 0.547. The lowest BCUT2D eigenvalue weighted by atomic mass is 9.86. The highest BCUT2D eigenvalue weighted by molar-refractivity contribution is 9.09. The first kappa shape index (κ1) is 16.2. The summed E-state index contributed by atoms with van der Waals surface area (Å²) < 4.78 is 0. The Balaban J connectivity index is 2.01. The van der Waals surface area contributed by atoms with E-state index in [0.29, 0.717) is 0 Å². The van der Waals surface area contributed by atoms with Crippen molar-refractivity contribution >= 4 is 28.1 Å². The molecule has 0 spiro atoms. The van der Waals surface area contributed by atoms with Gasteiger partial charge in [-0.15, -0.1) is 0 Å². The molecule has 0 aliphatic heterocycles. The Morgan fingerprint density at radius 2 is 1.36 bits per heavy atom. The number of hydrogen-bond donors (Lipinski definition) is 0. The average Bonchev–Trinajstić information content (AvgIpc) is 2.68. The smallest absolute Gasteiger partial charge is 0.0972 e. The van der Waals surface area contributed by atoms with Crippen LogP contribution in [-0.4, -0.2) is 15.3 Å². The van der Waals surface area contributed by atoms with Gasteiger partial charge in [0.15, 0.2) is 0 Å². The van der Waals surface area contributed by atoms with E-state index >= 15 is 0 Å². The first-order valence-corrected chi connectivity index (χ1v) is 9.59. The fraction of sp³-hybridized carbons (Fsp3) is 0.182. The van der Waals surface area contributed by atoms with E-state index in [4.69, 9.17) is 9.97 Å². The number of aromatic nitrogens is 2. The van der Waals surface area contributed by atoms with E-state index < -0.39 is 0 Å². The first-order valence-electron chi connectivity index (χ1n) is 8.46. The Bertz CT molecular complexity index is 1010. The molecule has 3 heteroatoms. The second-order valence-corrected chi connectivity index (χ2v) is 7.32. The van der Waals surface area contributed by atoms with Crippen LogP contribution in [-0.2, 0) is 0 Å². The van der Waals surface area contributed by atoms with Gasteiger partial charge >= 0.3 is 0 Å². The summed E-state index contributed by atoms with van der Waals surface area (Å²) >= 11 is 3.63. The van der Waals surface area contributed by atoms with Crippen molar-refractivity contribution < 1.29 is 0 Å². The van der Waals surface area contributed by atoms with Crippen molar-refractivity contribution in [2.24, 2.45) is 5.41 Å². The van der Waals surface area contributed by atoms with Crippen LogP contribution in [0.4, 0.5) is 0 Å². The van der Waals surface area contributed by atoms with Crippen molar-refractivity contribution in [1.82, 2.24) is 9.97 Å². The fourth-order valence-corrected chi connectivity index (χ4v) is 3.52. The molecular weight excluding hydrogens is 372 g/mol. The Hall–Kier alpha value is -2.26. The Labute approximate surface area is 156 Å². The molecule has 3 aromatic rings. The van der Waals surface area contributed by atoms with Crippen molar-refractivity contribution in [3.05, 3.63) is 71.4 Å². The van der Waals surface area contributed by atoms with E-state index in [1.807, 2.05) is 36.4 Å². The molecule has 1 aliphatic carbocycles. The van der Waals surface area contributed by atoms with Crippen LogP contribution in [0.2, 0.25) is 0 Å². The van der Waals surface area contributed by atoms with Crippen LogP contribution in [0.25, 0.3) is 34.7 Å². The second-order valence-electron chi connectivity index (χ2n) is 6.76. The van der Waals surface area contributed by atoms with Crippen LogP contribution in [0.3, 0.4) is 0 Å². The monoisotopic (exact) mass is 390 g/mol. The molecule has 4 rings (SSSR count). The van der Waals surface area contributed by atoms with Crippen molar-refractivity contribution in [1.29, 1.82) is 0 Å². The highest BCUT2D eigenvalue weighted by Crippen LogP contribution is 2.29. The normalized spacial score (nSPS) is 18.8.